The Morgan fingerprint density at radius 1 is 1.22 bits per heavy atom. The fourth-order valence-electron chi connectivity index (χ4n) is 2.71. The number of carboxylic acids is 1. The average Bonchev–Trinajstić information content (AvgIpc) is 2.66. The molecule has 0 aliphatic carbocycles. The van der Waals surface area contributed by atoms with E-state index in [-0.39, 0.29) is 35.5 Å². The van der Waals surface area contributed by atoms with E-state index in [1.807, 2.05) is 6.92 Å². The van der Waals surface area contributed by atoms with E-state index in [2.05, 4.69) is 10.3 Å². The van der Waals surface area contributed by atoms with Gasteiger partial charge >= 0.3 is 5.97 Å². The number of non-ortho nitro benzene ring substituents is 1. The number of carboxylic acid groups (broad SMARTS) is 1. The number of nitrogens with zero attached hydrogens (tertiary/aromatic N) is 2. The monoisotopic (exact) mass is 371 g/mol. The molecule has 0 fully saturated rings. The molecule has 1 aromatic carbocycles. The van der Waals surface area contributed by atoms with E-state index in [4.69, 9.17) is 5.11 Å². The fourth-order valence-corrected chi connectivity index (χ4v) is 2.71. The Balaban J connectivity index is 1.90. The lowest BCUT2D eigenvalue weighted by Crippen LogP contribution is -2.29. The Bertz CT molecular complexity index is 835. The van der Waals surface area contributed by atoms with Crippen molar-refractivity contribution in [3.05, 3.63) is 69.5 Å². The van der Waals surface area contributed by atoms with E-state index in [1.165, 1.54) is 30.5 Å². The van der Waals surface area contributed by atoms with Crippen LogP contribution >= 0.6 is 0 Å². The van der Waals surface area contributed by atoms with Crippen LogP contribution in [0.5, 0.6) is 0 Å². The number of rotatable bonds is 8. The lowest BCUT2D eigenvalue weighted by atomic mass is 9.93. The molecule has 0 saturated heterocycles. The first-order valence-corrected chi connectivity index (χ1v) is 8.48. The number of carbonyl (C=O) groups excluding carboxylic acids is 1. The lowest BCUT2D eigenvalue weighted by molar-refractivity contribution is -0.384. The van der Waals surface area contributed by atoms with Gasteiger partial charge in [0.25, 0.3) is 5.69 Å². The van der Waals surface area contributed by atoms with Gasteiger partial charge in [0, 0.05) is 36.5 Å². The van der Waals surface area contributed by atoms with Crippen LogP contribution < -0.4 is 5.32 Å². The van der Waals surface area contributed by atoms with E-state index in [0.717, 1.165) is 5.56 Å². The number of hydrogen-bond acceptors (Lipinski definition) is 5. The fraction of sp³-hybridized carbons (Fsp3) is 0.316. The number of benzene rings is 1. The topological polar surface area (TPSA) is 122 Å². The second kappa shape index (κ2) is 8.88. The summed E-state index contributed by atoms with van der Waals surface area (Å²) in [5.41, 5.74) is 1.57. The molecule has 2 atom stereocenters. The summed E-state index contributed by atoms with van der Waals surface area (Å²) >= 11 is 0. The second-order valence-electron chi connectivity index (χ2n) is 6.45. The first-order chi connectivity index (χ1) is 12.8. The van der Waals surface area contributed by atoms with Crippen molar-refractivity contribution in [1.29, 1.82) is 0 Å². The predicted molar refractivity (Wildman–Crippen MR) is 98.3 cm³/mol. The van der Waals surface area contributed by atoms with Crippen LogP contribution in [0, 0.1) is 16.0 Å². The summed E-state index contributed by atoms with van der Waals surface area (Å²) in [7, 11) is 0. The van der Waals surface area contributed by atoms with Crippen LogP contribution in [0.15, 0.2) is 42.6 Å². The molecule has 0 radical (unpaired) electrons. The molecule has 2 aromatic rings. The zero-order valence-electron chi connectivity index (χ0n) is 15.1. The maximum atomic E-state index is 12.3. The molecule has 0 spiro atoms. The van der Waals surface area contributed by atoms with Crippen molar-refractivity contribution >= 4 is 17.6 Å². The maximum Gasteiger partial charge on any atom is 0.335 e. The summed E-state index contributed by atoms with van der Waals surface area (Å²) in [5.74, 6) is -1.54. The molecule has 0 bridgehead atoms. The summed E-state index contributed by atoms with van der Waals surface area (Å²) in [4.78, 5) is 37.7. The minimum Gasteiger partial charge on any atom is -0.478 e. The molecule has 142 valence electrons. The highest BCUT2D eigenvalue weighted by Crippen LogP contribution is 2.22. The number of hydrogen-bond donors (Lipinski definition) is 2. The maximum absolute atomic E-state index is 12.3. The Kier molecular flexibility index (Phi) is 6.59. The van der Waals surface area contributed by atoms with Crippen LogP contribution in [0.4, 0.5) is 5.69 Å². The van der Waals surface area contributed by atoms with Crippen molar-refractivity contribution in [3.63, 3.8) is 0 Å². The third-order valence-electron chi connectivity index (χ3n) is 4.30. The van der Waals surface area contributed by atoms with E-state index in [1.54, 1.807) is 19.1 Å². The molecule has 2 N–H and O–H groups in total. The van der Waals surface area contributed by atoms with E-state index in [9.17, 15) is 19.7 Å². The number of pyridine rings is 1. The van der Waals surface area contributed by atoms with Crippen molar-refractivity contribution < 1.29 is 19.6 Å². The van der Waals surface area contributed by atoms with Crippen LogP contribution in [-0.4, -0.2) is 26.9 Å². The molecule has 1 unspecified atom stereocenters. The largest absolute Gasteiger partial charge is 0.478 e. The van der Waals surface area contributed by atoms with Crippen LogP contribution in [-0.2, 0) is 11.3 Å². The smallest absolute Gasteiger partial charge is 0.335 e. The predicted octanol–water partition coefficient (Wildman–Crippen LogP) is 3.13. The standard InChI is InChI=1S/C19H21N3O5/c1-12(17-10-15(19(24)25)7-8-20-17)9-13(2)18(23)21-11-14-3-5-16(6-4-14)22(26)27/h3-8,10,12-13H,9,11H2,1-2H3,(H,21,23)(H,24,25)/t12?,13-/m1/s1. The summed E-state index contributed by atoms with van der Waals surface area (Å²) in [6.45, 7) is 3.97. The van der Waals surface area contributed by atoms with Crippen LogP contribution in [0.3, 0.4) is 0 Å². The Labute approximate surface area is 156 Å². The third-order valence-corrected chi connectivity index (χ3v) is 4.30. The molecule has 8 nitrogen and oxygen atoms in total. The Morgan fingerprint density at radius 3 is 2.48 bits per heavy atom. The SMILES string of the molecule is CC(C[C@@H](C)C(=O)NCc1ccc([N+](=O)[O-])cc1)c1cc(C(=O)O)ccn1. The quantitative estimate of drug-likeness (QED) is 0.543. The van der Waals surface area contributed by atoms with Gasteiger partial charge in [-0.2, -0.15) is 0 Å². The summed E-state index contributed by atoms with van der Waals surface area (Å²) in [5, 5.41) is 22.5. The van der Waals surface area contributed by atoms with Crippen molar-refractivity contribution in [1.82, 2.24) is 10.3 Å². The third kappa shape index (κ3) is 5.60. The Morgan fingerprint density at radius 2 is 1.89 bits per heavy atom. The van der Waals surface area contributed by atoms with E-state index >= 15 is 0 Å². The van der Waals surface area contributed by atoms with Gasteiger partial charge in [-0.1, -0.05) is 26.0 Å². The molecule has 1 heterocycles. The molecule has 27 heavy (non-hydrogen) atoms. The lowest BCUT2D eigenvalue weighted by Gasteiger charge is -2.17. The van der Waals surface area contributed by atoms with Crippen LogP contribution in [0.25, 0.3) is 0 Å². The second-order valence-corrected chi connectivity index (χ2v) is 6.45. The Hall–Kier alpha value is -3.29. The van der Waals surface area contributed by atoms with Gasteiger partial charge in [-0.25, -0.2) is 4.79 Å². The summed E-state index contributed by atoms with van der Waals surface area (Å²) in [6, 6.07) is 8.95. The van der Waals surface area contributed by atoms with Gasteiger partial charge in [-0.05, 0) is 30.0 Å². The number of carbonyl (C=O) groups is 2. The number of aromatic carboxylic acids is 1. The van der Waals surface area contributed by atoms with Crippen molar-refractivity contribution in [3.8, 4) is 0 Å². The van der Waals surface area contributed by atoms with E-state index < -0.39 is 10.9 Å². The van der Waals surface area contributed by atoms with Gasteiger partial charge < -0.3 is 10.4 Å². The first-order valence-electron chi connectivity index (χ1n) is 8.48. The van der Waals surface area contributed by atoms with Crippen LogP contribution in [0.1, 0.15) is 47.8 Å². The molecule has 1 aromatic heterocycles. The zero-order chi connectivity index (χ0) is 20.0. The minimum absolute atomic E-state index is 0.00311. The molecular formula is C19H21N3O5. The molecule has 1 amide bonds. The number of nitrogens with one attached hydrogen (secondary N) is 1. The highest BCUT2D eigenvalue weighted by atomic mass is 16.6. The zero-order valence-corrected chi connectivity index (χ0v) is 15.1. The highest BCUT2D eigenvalue weighted by Gasteiger charge is 2.19. The van der Waals surface area contributed by atoms with Crippen molar-refractivity contribution in [2.24, 2.45) is 5.92 Å². The van der Waals surface area contributed by atoms with Gasteiger partial charge in [0.15, 0.2) is 0 Å². The number of nitro benzene ring substituents is 1. The molecule has 8 heteroatoms. The van der Waals surface area contributed by atoms with Gasteiger partial charge in [0.2, 0.25) is 5.91 Å². The molecule has 0 saturated carbocycles. The first kappa shape index (κ1) is 20.0. The normalized spacial score (nSPS) is 12.8. The van der Waals surface area contributed by atoms with E-state index in [0.29, 0.717) is 12.1 Å². The van der Waals surface area contributed by atoms with Gasteiger partial charge in [-0.15, -0.1) is 0 Å². The molecule has 0 aliphatic heterocycles. The minimum atomic E-state index is -1.01. The van der Waals surface area contributed by atoms with Gasteiger partial charge in [0.05, 0.1) is 10.5 Å². The molecular weight excluding hydrogens is 350 g/mol. The van der Waals surface area contributed by atoms with Crippen molar-refractivity contribution in [2.45, 2.75) is 32.7 Å². The molecule has 0 aliphatic rings. The summed E-state index contributed by atoms with van der Waals surface area (Å²) in [6.07, 6.45) is 1.97. The summed E-state index contributed by atoms with van der Waals surface area (Å²) < 4.78 is 0. The number of aromatic nitrogens is 1. The van der Waals surface area contributed by atoms with Crippen molar-refractivity contribution in [2.75, 3.05) is 0 Å². The number of amides is 1. The van der Waals surface area contributed by atoms with Gasteiger partial charge in [-0.3, -0.25) is 19.9 Å². The number of nitro groups is 1. The average molecular weight is 371 g/mol. The molecule has 2 rings (SSSR count). The van der Waals surface area contributed by atoms with Gasteiger partial charge in [0.1, 0.15) is 0 Å². The van der Waals surface area contributed by atoms with Crippen LogP contribution in [0.2, 0.25) is 0 Å². The highest BCUT2D eigenvalue weighted by molar-refractivity contribution is 5.87.